The molecule has 1 aliphatic rings. The maximum Gasteiger partial charge on any atom is 0.0930 e. The zero-order chi connectivity index (χ0) is 17.9. The van der Waals surface area contributed by atoms with Crippen LogP contribution in [0.1, 0.15) is 22.9 Å². The van der Waals surface area contributed by atoms with Crippen molar-refractivity contribution in [1.82, 2.24) is 15.1 Å². The Labute approximate surface area is 153 Å². The highest BCUT2D eigenvalue weighted by Gasteiger charge is 2.22. The molecule has 1 aliphatic heterocycles. The van der Waals surface area contributed by atoms with Crippen molar-refractivity contribution < 1.29 is 5.11 Å². The van der Waals surface area contributed by atoms with Crippen LogP contribution in [0.25, 0.3) is 11.3 Å². The van der Waals surface area contributed by atoms with Crippen LogP contribution >= 0.6 is 0 Å². The summed E-state index contributed by atoms with van der Waals surface area (Å²) >= 11 is 0. The molecule has 2 heterocycles. The van der Waals surface area contributed by atoms with Crippen LogP contribution in [0.15, 0.2) is 60.7 Å². The lowest BCUT2D eigenvalue weighted by atomic mass is 10.0. The number of likely N-dealkylation sites (N-methyl/N-ethyl adjacent to an activating group) is 1. The fourth-order valence-corrected chi connectivity index (χ4v) is 3.44. The first-order chi connectivity index (χ1) is 12.7. The highest BCUT2D eigenvalue weighted by atomic mass is 16.3. The van der Waals surface area contributed by atoms with Gasteiger partial charge in [-0.1, -0.05) is 36.4 Å². The second-order valence-corrected chi connectivity index (χ2v) is 6.66. The smallest absolute Gasteiger partial charge is 0.0930 e. The summed E-state index contributed by atoms with van der Waals surface area (Å²) in [5.41, 5.74) is 6.16. The van der Waals surface area contributed by atoms with Crippen LogP contribution in [-0.2, 0) is 13.2 Å². The van der Waals surface area contributed by atoms with Gasteiger partial charge in [-0.2, -0.15) is 10.2 Å². The van der Waals surface area contributed by atoms with E-state index in [9.17, 15) is 0 Å². The predicted molar refractivity (Wildman–Crippen MR) is 103 cm³/mol. The maximum atomic E-state index is 9.12. The third kappa shape index (κ3) is 3.31. The van der Waals surface area contributed by atoms with Gasteiger partial charge in [0.2, 0.25) is 0 Å². The normalized spacial score (nSPS) is 17.2. The van der Waals surface area contributed by atoms with Crippen LogP contribution < -0.4 is 5.32 Å². The summed E-state index contributed by atoms with van der Waals surface area (Å²) in [6, 6.07) is 21.0. The lowest BCUT2D eigenvalue weighted by Gasteiger charge is -2.25. The van der Waals surface area contributed by atoms with Gasteiger partial charge in [0.05, 0.1) is 24.0 Å². The summed E-state index contributed by atoms with van der Waals surface area (Å²) in [7, 11) is 2.16. The Morgan fingerprint density at radius 3 is 2.65 bits per heavy atom. The number of hydrogen-bond acceptors (Lipinski definition) is 5. The van der Waals surface area contributed by atoms with Gasteiger partial charge in [-0.3, -0.25) is 4.90 Å². The van der Waals surface area contributed by atoms with Crippen LogP contribution in [-0.4, -0.2) is 33.8 Å². The Morgan fingerprint density at radius 1 is 1.08 bits per heavy atom. The van der Waals surface area contributed by atoms with Gasteiger partial charge in [0.1, 0.15) is 0 Å². The van der Waals surface area contributed by atoms with E-state index in [1.165, 1.54) is 16.8 Å². The molecule has 0 aliphatic carbocycles. The monoisotopic (exact) mass is 346 g/mol. The zero-order valence-corrected chi connectivity index (χ0v) is 14.8. The Morgan fingerprint density at radius 2 is 1.92 bits per heavy atom. The molecule has 0 saturated heterocycles. The van der Waals surface area contributed by atoms with Crippen molar-refractivity contribution >= 4 is 5.69 Å². The summed E-state index contributed by atoms with van der Waals surface area (Å²) in [6.45, 7) is 1.64. The number of aliphatic hydroxyl groups is 1. The Kier molecular flexibility index (Phi) is 4.65. The fraction of sp³-hybridized carbons (Fsp3) is 0.238. The van der Waals surface area contributed by atoms with Crippen molar-refractivity contribution in [2.45, 2.75) is 19.2 Å². The molecule has 2 aromatic carbocycles. The van der Waals surface area contributed by atoms with E-state index in [0.29, 0.717) is 11.7 Å². The average Bonchev–Trinajstić information content (AvgIpc) is 2.86. The van der Waals surface area contributed by atoms with Crippen LogP contribution in [0, 0.1) is 0 Å². The van der Waals surface area contributed by atoms with Gasteiger partial charge in [0.25, 0.3) is 0 Å². The molecule has 0 amide bonds. The summed E-state index contributed by atoms with van der Waals surface area (Å²) in [6.07, 6.45) is 0. The molecule has 1 aromatic heterocycles. The third-order valence-corrected chi connectivity index (χ3v) is 4.90. The molecule has 0 fully saturated rings. The fourth-order valence-electron chi connectivity index (χ4n) is 3.44. The van der Waals surface area contributed by atoms with Crippen molar-refractivity contribution in [3.8, 4) is 11.3 Å². The molecular weight excluding hydrogens is 324 g/mol. The van der Waals surface area contributed by atoms with Crippen LogP contribution in [0.4, 0.5) is 5.69 Å². The van der Waals surface area contributed by atoms with E-state index in [-0.39, 0.29) is 6.61 Å². The van der Waals surface area contributed by atoms with E-state index in [4.69, 9.17) is 5.11 Å². The molecule has 132 valence electrons. The van der Waals surface area contributed by atoms with Gasteiger partial charge in [-0.15, -0.1) is 0 Å². The molecule has 0 spiro atoms. The number of hydrogen-bond donors (Lipinski definition) is 2. The van der Waals surface area contributed by atoms with Gasteiger partial charge in [0.15, 0.2) is 0 Å². The molecule has 1 unspecified atom stereocenters. The Hall–Kier alpha value is -2.76. The zero-order valence-electron chi connectivity index (χ0n) is 14.8. The lowest BCUT2D eigenvalue weighted by Crippen LogP contribution is -2.26. The second kappa shape index (κ2) is 7.23. The second-order valence-electron chi connectivity index (χ2n) is 6.66. The van der Waals surface area contributed by atoms with Crippen LogP contribution in [0.2, 0.25) is 0 Å². The minimum Gasteiger partial charge on any atom is -0.390 e. The molecular formula is C21H22N4O. The molecule has 4 rings (SSSR count). The summed E-state index contributed by atoms with van der Waals surface area (Å²) in [5.74, 6) is 0. The molecule has 0 saturated carbocycles. The van der Waals surface area contributed by atoms with E-state index in [2.05, 4.69) is 76.0 Å². The first-order valence-corrected chi connectivity index (χ1v) is 8.80. The Balaban J connectivity index is 1.61. The first kappa shape index (κ1) is 16.7. The van der Waals surface area contributed by atoms with Crippen molar-refractivity contribution in [3.05, 3.63) is 77.5 Å². The van der Waals surface area contributed by atoms with Gasteiger partial charge in [-0.05, 0) is 42.4 Å². The van der Waals surface area contributed by atoms with Gasteiger partial charge in [-0.25, -0.2) is 0 Å². The largest absolute Gasteiger partial charge is 0.390 e. The quantitative estimate of drug-likeness (QED) is 0.762. The van der Waals surface area contributed by atoms with E-state index >= 15 is 0 Å². The van der Waals surface area contributed by atoms with Gasteiger partial charge < -0.3 is 10.4 Å². The molecule has 5 heteroatoms. The molecule has 0 bridgehead atoms. The first-order valence-electron chi connectivity index (χ1n) is 8.80. The minimum absolute atomic E-state index is 0.0902. The maximum absolute atomic E-state index is 9.12. The van der Waals surface area contributed by atoms with Gasteiger partial charge >= 0.3 is 0 Å². The highest BCUT2D eigenvalue weighted by molar-refractivity contribution is 5.66. The van der Waals surface area contributed by atoms with Gasteiger partial charge in [0, 0.05) is 24.3 Å². The number of rotatable bonds is 3. The van der Waals surface area contributed by atoms with Crippen molar-refractivity contribution in [1.29, 1.82) is 0 Å². The number of nitrogens with zero attached hydrogens (tertiary/aromatic N) is 3. The Bertz CT molecular complexity index is 880. The minimum atomic E-state index is -0.0902. The van der Waals surface area contributed by atoms with Crippen molar-refractivity contribution in [3.63, 3.8) is 0 Å². The van der Waals surface area contributed by atoms with Crippen molar-refractivity contribution in [2.75, 3.05) is 18.9 Å². The lowest BCUT2D eigenvalue weighted by molar-refractivity contribution is 0.252. The van der Waals surface area contributed by atoms with E-state index in [1.54, 1.807) is 0 Å². The highest BCUT2D eigenvalue weighted by Crippen LogP contribution is 2.31. The summed E-state index contributed by atoms with van der Waals surface area (Å²) < 4.78 is 0. The predicted octanol–water partition coefficient (Wildman–Crippen LogP) is 3.23. The summed E-state index contributed by atoms with van der Waals surface area (Å²) in [4.78, 5) is 2.37. The topological polar surface area (TPSA) is 61.3 Å². The standard InChI is InChI=1S/C21H22N4O/c1-25-13-17-11-16(20-10-8-18(14-26)23-24-20)7-9-19(17)22-12-21(25)15-5-3-2-4-6-15/h2-11,21-22,26H,12-14H2,1H3. The number of aromatic nitrogens is 2. The number of fused-ring (bicyclic) bond motifs is 1. The molecule has 0 radical (unpaired) electrons. The van der Waals surface area contributed by atoms with Crippen LogP contribution in [0.5, 0.6) is 0 Å². The van der Waals surface area contributed by atoms with E-state index in [0.717, 1.165) is 24.3 Å². The molecule has 26 heavy (non-hydrogen) atoms. The van der Waals surface area contributed by atoms with Crippen molar-refractivity contribution in [2.24, 2.45) is 0 Å². The number of aliphatic hydroxyl groups excluding tert-OH is 1. The summed E-state index contributed by atoms with van der Waals surface area (Å²) in [5, 5.41) is 21.0. The van der Waals surface area contributed by atoms with Crippen LogP contribution in [0.3, 0.4) is 0 Å². The third-order valence-electron chi connectivity index (χ3n) is 4.90. The molecule has 2 N–H and O–H groups in total. The number of benzene rings is 2. The number of nitrogens with one attached hydrogen (secondary N) is 1. The van der Waals surface area contributed by atoms with E-state index in [1.807, 2.05) is 12.1 Å². The molecule has 1 atom stereocenters. The molecule has 3 aromatic rings. The average molecular weight is 346 g/mol. The SMILES string of the molecule is CN1Cc2cc(-c3ccc(CO)nn3)ccc2NCC1c1ccccc1. The van der Waals surface area contributed by atoms with E-state index < -0.39 is 0 Å². The molecule has 5 nitrogen and oxygen atoms in total. The number of anilines is 1.